The molecule has 30 heavy (non-hydrogen) atoms. The molecule has 3 aromatic rings. The number of hydrogen-bond donors (Lipinski definition) is 1. The van der Waals surface area contributed by atoms with Gasteiger partial charge in [-0.2, -0.15) is 0 Å². The zero-order valence-electron chi connectivity index (χ0n) is 16.7. The van der Waals surface area contributed by atoms with Crippen LogP contribution in [0.5, 0.6) is 11.5 Å². The summed E-state index contributed by atoms with van der Waals surface area (Å²) in [4.78, 5) is 27.9. The van der Waals surface area contributed by atoms with Crippen molar-refractivity contribution < 1.29 is 28.2 Å². The number of benzene rings is 2. The number of nitrogens with zero attached hydrogens (tertiary/aromatic N) is 1. The van der Waals surface area contributed by atoms with Crippen LogP contribution in [-0.4, -0.2) is 44.2 Å². The van der Waals surface area contributed by atoms with Crippen molar-refractivity contribution in [2.45, 2.75) is 6.42 Å². The molecule has 1 heterocycles. The fourth-order valence-electron chi connectivity index (χ4n) is 2.78. The van der Waals surface area contributed by atoms with Crippen molar-refractivity contribution in [3.8, 4) is 22.8 Å². The van der Waals surface area contributed by atoms with E-state index in [2.05, 4.69) is 10.3 Å². The van der Waals surface area contributed by atoms with E-state index in [0.717, 1.165) is 11.1 Å². The van der Waals surface area contributed by atoms with Crippen LogP contribution < -0.4 is 14.8 Å². The number of amides is 1. The van der Waals surface area contributed by atoms with Crippen LogP contribution in [0.15, 0.2) is 59.5 Å². The maximum Gasteiger partial charge on any atom is 0.338 e. The number of ether oxygens (including phenoxy) is 3. The van der Waals surface area contributed by atoms with Gasteiger partial charge in [0, 0.05) is 12.1 Å². The van der Waals surface area contributed by atoms with Crippen LogP contribution >= 0.6 is 0 Å². The summed E-state index contributed by atoms with van der Waals surface area (Å²) in [6.45, 7) is 0.0480. The summed E-state index contributed by atoms with van der Waals surface area (Å²) in [7, 11) is 3.14. The van der Waals surface area contributed by atoms with E-state index in [1.54, 1.807) is 44.7 Å². The minimum absolute atomic E-state index is 0.344. The monoisotopic (exact) mass is 410 g/mol. The molecule has 0 aliphatic rings. The molecule has 3 rings (SSSR count). The highest BCUT2D eigenvalue weighted by Crippen LogP contribution is 2.27. The van der Waals surface area contributed by atoms with Gasteiger partial charge in [0.15, 0.2) is 30.3 Å². The average molecular weight is 410 g/mol. The van der Waals surface area contributed by atoms with Crippen LogP contribution in [0, 0.1) is 0 Å². The van der Waals surface area contributed by atoms with Gasteiger partial charge in [0.25, 0.3) is 5.91 Å². The summed E-state index contributed by atoms with van der Waals surface area (Å²) in [6, 6.07) is 12.2. The third kappa shape index (κ3) is 5.38. The van der Waals surface area contributed by atoms with E-state index in [9.17, 15) is 9.59 Å². The molecular weight excluding hydrogens is 388 g/mol. The predicted molar refractivity (Wildman–Crippen MR) is 108 cm³/mol. The molecule has 0 aliphatic heterocycles. The lowest BCUT2D eigenvalue weighted by Crippen LogP contribution is -2.30. The Morgan fingerprint density at radius 3 is 2.47 bits per heavy atom. The summed E-state index contributed by atoms with van der Waals surface area (Å²) < 4.78 is 20.7. The Morgan fingerprint density at radius 2 is 1.80 bits per heavy atom. The van der Waals surface area contributed by atoms with Crippen LogP contribution in [0.25, 0.3) is 11.3 Å². The third-order valence-corrected chi connectivity index (χ3v) is 4.36. The van der Waals surface area contributed by atoms with Crippen molar-refractivity contribution in [1.82, 2.24) is 10.3 Å². The van der Waals surface area contributed by atoms with E-state index in [1.165, 1.54) is 6.39 Å². The van der Waals surface area contributed by atoms with E-state index < -0.39 is 5.97 Å². The van der Waals surface area contributed by atoms with Gasteiger partial charge in [0.05, 0.1) is 26.0 Å². The maximum absolute atomic E-state index is 12.1. The quantitative estimate of drug-likeness (QED) is 0.542. The maximum atomic E-state index is 12.1. The lowest BCUT2D eigenvalue weighted by atomic mass is 10.1. The molecule has 8 heteroatoms. The topological polar surface area (TPSA) is 99.9 Å². The molecule has 0 bridgehead atoms. The van der Waals surface area contributed by atoms with Gasteiger partial charge in [-0.3, -0.25) is 4.79 Å². The van der Waals surface area contributed by atoms with E-state index in [0.29, 0.717) is 35.8 Å². The van der Waals surface area contributed by atoms with Gasteiger partial charge in [-0.25, -0.2) is 9.78 Å². The van der Waals surface area contributed by atoms with Gasteiger partial charge in [-0.05, 0) is 36.2 Å². The van der Waals surface area contributed by atoms with Gasteiger partial charge in [0.2, 0.25) is 0 Å². The number of carbonyl (C=O) groups excluding carboxylic acids is 2. The number of nitrogens with one attached hydrogen (secondary N) is 1. The zero-order chi connectivity index (χ0) is 21.3. The van der Waals surface area contributed by atoms with Crippen molar-refractivity contribution in [1.29, 1.82) is 0 Å². The first kappa shape index (κ1) is 20.9. The normalized spacial score (nSPS) is 10.3. The van der Waals surface area contributed by atoms with Crippen molar-refractivity contribution in [2.24, 2.45) is 0 Å². The summed E-state index contributed by atoms with van der Waals surface area (Å²) in [5.41, 5.74) is 2.12. The first-order valence-corrected chi connectivity index (χ1v) is 9.24. The van der Waals surface area contributed by atoms with Crippen molar-refractivity contribution >= 4 is 11.9 Å². The second-order valence-electron chi connectivity index (χ2n) is 6.31. The minimum Gasteiger partial charge on any atom is -0.493 e. The standard InChI is InChI=1S/C22H22N2O6/c1-27-18-8-3-15(11-19(18)28-2)9-10-24-21(25)13-29-22(26)17-6-4-16(5-7-17)20-12-23-14-30-20/h3-8,11-12,14H,9-10,13H2,1-2H3,(H,24,25). The van der Waals surface area contributed by atoms with Crippen LogP contribution in [0.2, 0.25) is 0 Å². The van der Waals surface area contributed by atoms with E-state index >= 15 is 0 Å². The van der Waals surface area contributed by atoms with Crippen LogP contribution in [0.4, 0.5) is 0 Å². The summed E-state index contributed by atoms with van der Waals surface area (Å²) in [5.74, 6) is 0.927. The highest BCUT2D eigenvalue weighted by molar-refractivity contribution is 5.91. The first-order chi connectivity index (χ1) is 14.6. The van der Waals surface area contributed by atoms with Crippen molar-refractivity contribution in [3.05, 3.63) is 66.2 Å². The summed E-state index contributed by atoms with van der Waals surface area (Å²) >= 11 is 0. The number of oxazole rings is 1. The predicted octanol–water partition coefficient (Wildman–Crippen LogP) is 2.87. The molecule has 0 unspecified atom stereocenters. The number of methoxy groups -OCH3 is 2. The highest BCUT2D eigenvalue weighted by atomic mass is 16.5. The van der Waals surface area contributed by atoms with Gasteiger partial charge in [-0.1, -0.05) is 18.2 Å². The third-order valence-electron chi connectivity index (χ3n) is 4.36. The molecule has 156 valence electrons. The molecule has 8 nitrogen and oxygen atoms in total. The fourth-order valence-corrected chi connectivity index (χ4v) is 2.78. The smallest absolute Gasteiger partial charge is 0.338 e. The fraction of sp³-hybridized carbons (Fsp3) is 0.227. The number of hydrogen-bond acceptors (Lipinski definition) is 7. The second-order valence-corrected chi connectivity index (χ2v) is 6.31. The Labute approximate surface area is 173 Å². The Hall–Kier alpha value is -3.81. The highest BCUT2D eigenvalue weighted by Gasteiger charge is 2.11. The molecule has 0 fully saturated rings. The lowest BCUT2D eigenvalue weighted by Gasteiger charge is -2.10. The number of esters is 1. The molecule has 0 saturated carbocycles. The van der Waals surface area contributed by atoms with E-state index in [-0.39, 0.29) is 12.5 Å². The lowest BCUT2D eigenvalue weighted by molar-refractivity contribution is -0.124. The zero-order valence-corrected chi connectivity index (χ0v) is 16.7. The molecule has 1 aromatic heterocycles. The van der Waals surface area contributed by atoms with Gasteiger partial charge in [0.1, 0.15) is 0 Å². The van der Waals surface area contributed by atoms with E-state index in [1.807, 2.05) is 18.2 Å². The molecule has 1 N–H and O–H groups in total. The molecule has 0 spiro atoms. The number of rotatable bonds is 9. The number of aromatic nitrogens is 1. The average Bonchev–Trinajstić information content (AvgIpc) is 3.32. The molecule has 0 radical (unpaired) electrons. The number of carbonyl (C=O) groups is 2. The molecule has 0 atom stereocenters. The second kappa shape index (κ2) is 10.1. The minimum atomic E-state index is -0.575. The SMILES string of the molecule is COc1ccc(CCNC(=O)COC(=O)c2ccc(-c3cnco3)cc2)cc1OC. The van der Waals surface area contributed by atoms with Gasteiger partial charge < -0.3 is 23.9 Å². The van der Waals surface area contributed by atoms with Crippen molar-refractivity contribution in [3.63, 3.8) is 0 Å². The Bertz CT molecular complexity index is 983. The molecule has 2 aromatic carbocycles. The molecular formula is C22H22N2O6. The van der Waals surface area contributed by atoms with Crippen LogP contribution in [-0.2, 0) is 16.0 Å². The van der Waals surface area contributed by atoms with E-state index in [4.69, 9.17) is 18.6 Å². The van der Waals surface area contributed by atoms with Gasteiger partial charge >= 0.3 is 5.97 Å². The largest absolute Gasteiger partial charge is 0.493 e. The van der Waals surface area contributed by atoms with Crippen molar-refractivity contribution in [2.75, 3.05) is 27.4 Å². The molecule has 0 aliphatic carbocycles. The molecule has 0 saturated heterocycles. The van der Waals surface area contributed by atoms with Crippen LogP contribution in [0.1, 0.15) is 15.9 Å². The van der Waals surface area contributed by atoms with Gasteiger partial charge in [-0.15, -0.1) is 0 Å². The Balaban J connectivity index is 1.42. The summed E-state index contributed by atoms with van der Waals surface area (Å²) in [6.07, 6.45) is 3.52. The molecule has 1 amide bonds. The Kier molecular flexibility index (Phi) is 7.05. The Morgan fingerprint density at radius 1 is 1.03 bits per heavy atom. The van der Waals surface area contributed by atoms with Crippen LogP contribution in [0.3, 0.4) is 0 Å². The summed E-state index contributed by atoms with van der Waals surface area (Å²) in [5, 5.41) is 2.72. The first-order valence-electron chi connectivity index (χ1n) is 9.24.